The molecule has 2 rings (SSSR count). The Morgan fingerprint density at radius 3 is 2.35 bits per heavy atom. The van der Waals surface area contributed by atoms with Crippen LogP contribution in [0.2, 0.25) is 5.02 Å². The molecule has 0 aliphatic heterocycles. The summed E-state index contributed by atoms with van der Waals surface area (Å²) in [4.78, 5) is 0. The number of likely N-dealkylation sites (N-methyl/N-ethyl adjacent to an activating group) is 1. The second kappa shape index (κ2) is 6.75. The Hall–Kier alpha value is -0.830. The summed E-state index contributed by atoms with van der Waals surface area (Å²) in [5, 5.41) is 4.19. The van der Waals surface area contributed by atoms with E-state index in [0.29, 0.717) is 6.04 Å². The van der Waals surface area contributed by atoms with E-state index in [1.807, 2.05) is 25.2 Å². The highest BCUT2D eigenvalue weighted by atomic mass is 79.9. The summed E-state index contributed by atoms with van der Waals surface area (Å²) < 4.78 is 1.19. The third-order valence-electron chi connectivity index (χ3n) is 3.54. The lowest BCUT2D eigenvalue weighted by Gasteiger charge is -2.19. The molecule has 1 N–H and O–H groups in total. The van der Waals surface area contributed by atoms with Gasteiger partial charge in [-0.2, -0.15) is 0 Å². The molecule has 1 nitrogen and oxygen atoms in total. The molecule has 0 aliphatic carbocycles. The fraction of sp³-hybridized carbons (Fsp3) is 0.294. The van der Waals surface area contributed by atoms with Gasteiger partial charge in [-0.15, -0.1) is 0 Å². The number of nitrogens with one attached hydrogen (secondary N) is 1. The molecule has 0 aromatic heterocycles. The lowest BCUT2D eigenvalue weighted by atomic mass is 9.96. The topological polar surface area (TPSA) is 12.0 Å². The number of hydrogen-bond donors (Lipinski definition) is 1. The van der Waals surface area contributed by atoms with Gasteiger partial charge in [0.15, 0.2) is 0 Å². The first kappa shape index (κ1) is 15.6. The molecule has 0 aliphatic rings. The lowest BCUT2D eigenvalue weighted by molar-refractivity contribution is 0.591. The third-order valence-corrected chi connectivity index (χ3v) is 5.02. The van der Waals surface area contributed by atoms with E-state index in [1.165, 1.54) is 26.7 Å². The van der Waals surface area contributed by atoms with Crippen molar-refractivity contribution in [1.82, 2.24) is 5.32 Å². The fourth-order valence-electron chi connectivity index (χ4n) is 2.47. The van der Waals surface area contributed by atoms with E-state index >= 15 is 0 Å². The fourth-order valence-corrected chi connectivity index (χ4v) is 2.91. The number of hydrogen-bond acceptors (Lipinski definition) is 1. The molecule has 0 saturated carbocycles. The van der Waals surface area contributed by atoms with Crippen LogP contribution in [0.15, 0.2) is 40.9 Å². The van der Waals surface area contributed by atoms with Crippen molar-refractivity contribution >= 4 is 27.5 Å². The third kappa shape index (κ3) is 3.63. The molecule has 106 valence electrons. The van der Waals surface area contributed by atoms with E-state index in [1.54, 1.807) is 0 Å². The van der Waals surface area contributed by atoms with Gasteiger partial charge < -0.3 is 5.32 Å². The van der Waals surface area contributed by atoms with Crippen LogP contribution in [-0.4, -0.2) is 7.05 Å². The van der Waals surface area contributed by atoms with E-state index in [4.69, 9.17) is 11.6 Å². The van der Waals surface area contributed by atoms with Crippen LogP contribution < -0.4 is 5.32 Å². The van der Waals surface area contributed by atoms with Crippen molar-refractivity contribution in [3.05, 3.63) is 68.1 Å². The Morgan fingerprint density at radius 2 is 1.80 bits per heavy atom. The first-order valence-electron chi connectivity index (χ1n) is 6.69. The lowest BCUT2D eigenvalue weighted by Crippen LogP contribution is -2.19. The van der Waals surface area contributed by atoms with Gasteiger partial charge in [-0.1, -0.05) is 51.8 Å². The van der Waals surface area contributed by atoms with Gasteiger partial charge in [0.25, 0.3) is 0 Å². The van der Waals surface area contributed by atoms with Gasteiger partial charge in [-0.25, -0.2) is 0 Å². The van der Waals surface area contributed by atoms with E-state index < -0.39 is 0 Å². The minimum Gasteiger partial charge on any atom is -0.313 e. The van der Waals surface area contributed by atoms with Crippen molar-refractivity contribution in [3.8, 4) is 0 Å². The van der Waals surface area contributed by atoms with Crippen molar-refractivity contribution in [2.24, 2.45) is 0 Å². The summed E-state index contributed by atoms with van der Waals surface area (Å²) >= 11 is 9.68. The van der Waals surface area contributed by atoms with Gasteiger partial charge in [0.1, 0.15) is 0 Å². The van der Waals surface area contributed by atoms with E-state index in [2.05, 4.69) is 53.3 Å². The minimum atomic E-state index is 0.291. The smallest absolute Gasteiger partial charge is 0.0408 e. The number of rotatable bonds is 4. The number of benzene rings is 2. The van der Waals surface area contributed by atoms with E-state index in [9.17, 15) is 0 Å². The summed E-state index contributed by atoms with van der Waals surface area (Å²) in [6.07, 6.45) is 0.928. The van der Waals surface area contributed by atoms with Crippen LogP contribution >= 0.6 is 27.5 Å². The Labute approximate surface area is 134 Å². The largest absolute Gasteiger partial charge is 0.313 e. The van der Waals surface area contributed by atoms with Gasteiger partial charge in [0.2, 0.25) is 0 Å². The Balaban J connectivity index is 2.29. The van der Waals surface area contributed by atoms with Crippen LogP contribution in [0.1, 0.15) is 28.3 Å². The maximum Gasteiger partial charge on any atom is 0.0408 e. The van der Waals surface area contributed by atoms with Gasteiger partial charge in [0.05, 0.1) is 0 Å². The highest BCUT2D eigenvalue weighted by Crippen LogP contribution is 2.27. The van der Waals surface area contributed by atoms with Crippen LogP contribution in [0, 0.1) is 13.8 Å². The molecule has 2 aromatic rings. The molecule has 0 heterocycles. The van der Waals surface area contributed by atoms with Crippen LogP contribution in [0.4, 0.5) is 0 Å². The predicted octanol–water partition coefficient (Wildman–Crippen LogP) is 5.22. The highest BCUT2D eigenvalue weighted by molar-refractivity contribution is 9.10. The average Bonchev–Trinajstić information content (AvgIpc) is 2.41. The van der Waals surface area contributed by atoms with E-state index in [-0.39, 0.29) is 0 Å². The van der Waals surface area contributed by atoms with Gasteiger partial charge in [-0.3, -0.25) is 0 Å². The van der Waals surface area contributed by atoms with Gasteiger partial charge in [0, 0.05) is 15.5 Å². The van der Waals surface area contributed by atoms with Crippen LogP contribution in [0.5, 0.6) is 0 Å². The van der Waals surface area contributed by atoms with Crippen molar-refractivity contribution in [2.75, 3.05) is 7.05 Å². The molecule has 0 bridgehead atoms. The normalized spacial score (nSPS) is 12.4. The Morgan fingerprint density at radius 1 is 1.15 bits per heavy atom. The molecular formula is C17H19BrClN. The average molecular weight is 353 g/mol. The molecule has 3 heteroatoms. The van der Waals surface area contributed by atoms with Crippen LogP contribution in [-0.2, 0) is 6.42 Å². The standard InChI is InChI=1S/C17H19BrClN/c1-11-7-14(8-12(2)17(11)18)16(20-3)10-13-5-4-6-15(19)9-13/h4-9,16,20H,10H2,1-3H3. The molecule has 0 fully saturated rings. The first-order valence-corrected chi connectivity index (χ1v) is 7.86. The molecule has 1 atom stereocenters. The van der Waals surface area contributed by atoms with Gasteiger partial charge >= 0.3 is 0 Å². The predicted molar refractivity (Wildman–Crippen MR) is 90.6 cm³/mol. The summed E-state index contributed by atoms with van der Waals surface area (Å²) in [5.41, 5.74) is 5.10. The Kier molecular flexibility index (Phi) is 5.25. The molecule has 2 aromatic carbocycles. The van der Waals surface area contributed by atoms with Crippen molar-refractivity contribution in [2.45, 2.75) is 26.3 Å². The second-order valence-electron chi connectivity index (χ2n) is 5.14. The molecular weight excluding hydrogens is 334 g/mol. The maximum atomic E-state index is 6.06. The maximum absolute atomic E-state index is 6.06. The zero-order valence-corrected chi connectivity index (χ0v) is 14.3. The van der Waals surface area contributed by atoms with Crippen molar-refractivity contribution < 1.29 is 0 Å². The zero-order chi connectivity index (χ0) is 14.7. The molecule has 1 unspecified atom stereocenters. The number of halogens is 2. The quantitative estimate of drug-likeness (QED) is 0.795. The van der Waals surface area contributed by atoms with Gasteiger partial charge in [-0.05, 0) is 61.7 Å². The summed E-state index contributed by atoms with van der Waals surface area (Å²) in [7, 11) is 2.00. The van der Waals surface area contributed by atoms with Crippen molar-refractivity contribution in [3.63, 3.8) is 0 Å². The summed E-state index contributed by atoms with van der Waals surface area (Å²) in [6.45, 7) is 4.26. The molecule has 0 spiro atoms. The Bertz CT molecular complexity index is 587. The summed E-state index contributed by atoms with van der Waals surface area (Å²) in [6, 6.07) is 12.8. The van der Waals surface area contributed by atoms with Crippen LogP contribution in [0.3, 0.4) is 0 Å². The molecule has 20 heavy (non-hydrogen) atoms. The number of aryl methyl sites for hydroxylation is 2. The van der Waals surface area contributed by atoms with Crippen LogP contribution in [0.25, 0.3) is 0 Å². The molecule has 0 saturated heterocycles. The van der Waals surface area contributed by atoms with E-state index in [0.717, 1.165) is 11.4 Å². The minimum absolute atomic E-state index is 0.291. The monoisotopic (exact) mass is 351 g/mol. The van der Waals surface area contributed by atoms with Crippen molar-refractivity contribution in [1.29, 1.82) is 0 Å². The summed E-state index contributed by atoms with van der Waals surface area (Å²) in [5.74, 6) is 0. The first-order chi connectivity index (χ1) is 9.51. The molecule has 0 amide bonds. The zero-order valence-electron chi connectivity index (χ0n) is 12.0. The highest BCUT2D eigenvalue weighted by Gasteiger charge is 2.13. The second-order valence-corrected chi connectivity index (χ2v) is 6.37. The SMILES string of the molecule is CNC(Cc1cccc(Cl)c1)c1cc(C)c(Br)c(C)c1. The molecule has 0 radical (unpaired) electrons.